The molecule has 2 heteroatoms. The van der Waals surface area contributed by atoms with E-state index in [1.807, 2.05) is 11.8 Å². The summed E-state index contributed by atoms with van der Waals surface area (Å²) in [6.45, 7) is 6.67. The molecule has 1 atom stereocenters. The molecule has 0 aromatic heterocycles. The molecule has 0 amide bonds. The van der Waals surface area contributed by atoms with Gasteiger partial charge in [0.25, 0.3) is 0 Å². The minimum absolute atomic E-state index is 0.802. The molecule has 90 valence electrons. The molecule has 0 N–H and O–H groups in total. The van der Waals surface area contributed by atoms with Crippen molar-refractivity contribution in [2.45, 2.75) is 38.5 Å². The van der Waals surface area contributed by atoms with Gasteiger partial charge < -0.3 is 0 Å². The van der Waals surface area contributed by atoms with Crippen molar-refractivity contribution in [3.05, 3.63) is 29.3 Å². The lowest BCUT2D eigenvalue weighted by Crippen LogP contribution is -1.97. The largest absolute Gasteiger partial charge is 0.179 e. The third-order valence-corrected chi connectivity index (χ3v) is 4.29. The standard InChI is InChI=1S/C14H22S2/c1-11(6-8-15)7-9-16-14-5-4-12(2)10-13(14)3/h4-5,10-11,15H,6-9H2,1-3H3. The molecule has 0 aliphatic rings. The van der Waals surface area contributed by atoms with Gasteiger partial charge in [-0.1, -0.05) is 24.6 Å². The maximum Gasteiger partial charge on any atom is 0.0101 e. The van der Waals surface area contributed by atoms with Gasteiger partial charge >= 0.3 is 0 Å². The van der Waals surface area contributed by atoms with Crippen LogP contribution in [-0.4, -0.2) is 11.5 Å². The van der Waals surface area contributed by atoms with E-state index < -0.39 is 0 Å². The van der Waals surface area contributed by atoms with Gasteiger partial charge in [-0.05, 0) is 55.7 Å². The summed E-state index contributed by atoms with van der Waals surface area (Å²) < 4.78 is 0. The molecule has 0 spiro atoms. The highest BCUT2D eigenvalue weighted by Crippen LogP contribution is 2.25. The number of thioether (sulfide) groups is 1. The van der Waals surface area contributed by atoms with Crippen LogP contribution in [-0.2, 0) is 0 Å². The zero-order valence-corrected chi connectivity index (χ0v) is 12.2. The van der Waals surface area contributed by atoms with Crippen LogP contribution < -0.4 is 0 Å². The van der Waals surface area contributed by atoms with Gasteiger partial charge in [0.15, 0.2) is 0 Å². The molecule has 0 saturated carbocycles. The van der Waals surface area contributed by atoms with Crippen molar-refractivity contribution in [1.82, 2.24) is 0 Å². The fourth-order valence-corrected chi connectivity index (χ4v) is 3.33. The van der Waals surface area contributed by atoms with E-state index in [0.29, 0.717) is 0 Å². The van der Waals surface area contributed by atoms with Gasteiger partial charge in [-0.2, -0.15) is 12.6 Å². The average molecular weight is 254 g/mol. The second-order valence-corrected chi connectivity index (χ2v) is 6.11. The van der Waals surface area contributed by atoms with Crippen molar-refractivity contribution < 1.29 is 0 Å². The van der Waals surface area contributed by atoms with Crippen molar-refractivity contribution in [3.63, 3.8) is 0 Å². The number of thiol groups is 1. The predicted octanol–water partition coefficient (Wildman–Crippen LogP) is 4.74. The van der Waals surface area contributed by atoms with E-state index in [1.54, 1.807) is 0 Å². The third-order valence-electron chi connectivity index (χ3n) is 2.82. The highest BCUT2D eigenvalue weighted by molar-refractivity contribution is 7.99. The van der Waals surface area contributed by atoms with Gasteiger partial charge in [-0.25, -0.2) is 0 Å². The number of hydrogen-bond donors (Lipinski definition) is 1. The number of benzene rings is 1. The van der Waals surface area contributed by atoms with E-state index in [2.05, 4.69) is 51.6 Å². The molecule has 1 unspecified atom stereocenters. The summed E-state index contributed by atoms with van der Waals surface area (Å²) in [6, 6.07) is 6.71. The van der Waals surface area contributed by atoms with Crippen LogP contribution in [0.1, 0.15) is 30.9 Å². The first-order valence-electron chi connectivity index (χ1n) is 5.94. The summed E-state index contributed by atoms with van der Waals surface area (Å²) >= 11 is 6.26. The van der Waals surface area contributed by atoms with Gasteiger partial charge in [-0.3, -0.25) is 0 Å². The van der Waals surface area contributed by atoms with Crippen molar-refractivity contribution in [2.24, 2.45) is 5.92 Å². The topological polar surface area (TPSA) is 0 Å². The second-order valence-electron chi connectivity index (χ2n) is 4.52. The Balaban J connectivity index is 2.37. The summed E-state index contributed by atoms with van der Waals surface area (Å²) in [6.07, 6.45) is 2.52. The number of rotatable bonds is 6. The zero-order valence-electron chi connectivity index (χ0n) is 10.5. The van der Waals surface area contributed by atoms with Crippen LogP contribution in [0.25, 0.3) is 0 Å². The molecule has 0 radical (unpaired) electrons. The van der Waals surface area contributed by atoms with Gasteiger partial charge in [0.1, 0.15) is 0 Å². The smallest absolute Gasteiger partial charge is 0.0101 e. The number of aryl methyl sites for hydroxylation is 2. The maximum absolute atomic E-state index is 4.27. The summed E-state index contributed by atoms with van der Waals surface area (Å²) in [5, 5.41) is 0. The zero-order chi connectivity index (χ0) is 12.0. The molecule has 16 heavy (non-hydrogen) atoms. The lowest BCUT2D eigenvalue weighted by Gasteiger charge is -2.10. The Labute approximate surface area is 110 Å². The Morgan fingerprint density at radius 1 is 1.25 bits per heavy atom. The molecule has 0 aliphatic carbocycles. The van der Waals surface area contributed by atoms with E-state index in [4.69, 9.17) is 0 Å². The Bertz CT molecular complexity index is 321. The lowest BCUT2D eigenvalue weighted by atomic mass is 10.1. The van der Waals surface area contributed by atoms with Gasteiger partial charge in [0, 0.05) is 4.90 Å². The van der Waals surface area contributed by atoms with Gasteiger partial charge in [0.05, 0.1) is 0 Å². The molecule has 1 aromatic carbocycles. The SMILES string of the molecule is Cc1ccc(SCCC(C)CCS)c(C)c1. The maximum atomic E-state index is 4.27. The van der Waals surface area contributed by atoms with Crippen LogP contribution in [0, 0.1) is 19.8 Å². The molecule has 0 fully saturated rings. The molecule has 0 aliphatic heterocycles. The van der Waals surface area contributed by atoms with Crippen molar-refractivity contribution in [2.75, 3.05) is 11.5 Å². The van der Waals surface area contributed by atoms with Crippen molar-refractivity contribution in [3.8, 4) is 0 Å². The first kappa shape index (κ1) is 14.0. The molecule has 1 aromatic rings. The molecule has 0 saturated heterocycles. The molecule has 1 rings (SSSR count). The summed E-state index contributed by atoms with van der Waals surface area (Å²) in [5.74, 6) is 3.03. The first-order chi connectivity index (χ1) is 7.63. The van der Waals surface area contributed by atoms with E-state index in [9.17, 15) is 0 Å². The molecule has 0 nitrogen and oxygen atoms in total. The monoisotopic (exact) mass is 254 g/mol. The number of hydrogen-bond acceptors (Lipinski definition) is 2. The molecule has 0 heterocycles. The molecular formula is C14H22S2. The normalized spacial score (nSPS) is 12.8. The second kappa shape index (κ2) is 7.29. The van der Waals surface area contributed by atoms with Crippen LogP contribution in [0.2, 0.25) is 0 Å². The Hall–Kier alpha value is -0.0800. The van der Waals surface area contributed by atoms with E-state index in [-0.39, 0.29) is 0 Å². The van der Waals surface area contributed by atoms with E-state index in [0.717, 1.165) is 11.7 Å². The Morgan fingerprint density at radius 3 is 2.62 bits per heavy atom. The van der Waals surface area contributed by atoms with Gasteiger partial charge in [0.2, 0.25) is 0 Å². The highest BCUT2D eigenvalue weighted by Gasteiger charge is 2.03. The van der Waals surface area contributed by atoms with Crippen LogP contribution in [0.5, 0.6) is 0 Å². The first-order valence-corrected chi connectivity index (χ1v) is 7.56. The Kier molecular flexibility index (Phi) is 6.37. The van der Waals surface area contributed by atoms with Crippen LogP contribution >= 0.6 is 24.4 Å². The minimum atomic E-state index is 0.802. The molecule has 0 bridgehead atoms. The summed E-state index contributed by atoms with van der Waals surface area (Å²) in [4.78, 5) is 1.43. The fraction of sp³-hybridized carbons (Fsp3) is 0.571. The summed E-state index contributed by atoms with van der Waals surface area (Å²) in [7, 11) is 0. The van der Waals surface area contributed by atoms with E-state index in [1.165, 1.54) is 34.6 Å². The quantitative estimate of drug-likeness (QED) is 0.565. The van der Waals surface area contributed by atoms with Crippen LogP contribution in [0.15, 0.2) is 23.1 Å². The Morgan fingerprint density at radius 2 is 2.00 bits per heavy atom. The average Bonchev–Trinajstić information content (AvgIpc) is 2.22. The predicted molar refractivity (Wildman–Crippen MR) is 78.9 cm³/mol. The highest BCUT2D eigenvalue weighted by atomic mass is 32.2. The lowest BCUT2D eigenvalue weighted by molar-refractivity contribution is 0.554. The van der Waals surface area contributed by atoms with Crippen LogP contribution in [0.4, 0.5) is 0 Å². The van der Waals surface area contributed by atoms with E-state index >= 15 is 0 Å². The van der Waals surface area contributed by atoms with Crippen LogP contribution in [0.3, 0.4) is 0 Å². The van der Waals surface area contributed by atoms with Crippen molar-refractivity contribution >= 4 is 24.4 Å². The van der Waals surface area contributed by atoms with Crippen molar-refractivity contribution in [1.29, 1.82) is 0 Å². The minimum Gasteiger partial charge on any atom is -0.179 e. The van der Waals surface area contributed by atoms with Gasteiger partial charge in [-0.15, -0.1) is 11.8 Å². The fourth-order valence-electron chi connectivity index (χ4n) is 1.70. The summed E-state index contributed by atoms with van der Waals surface area (Å²) in [5.41, 5.74) is 2.76. The molecular weight excluding hydrogens is 232 g/mol. The third kappa shape index (κ3) is 4.84.